The molecule has 0 fully saturated rings. The zero-order chi connectivity index (χ0) is 12.8. The number of guanidine groups is 1. The van der Waals surface area contributed by atoms with Crippen molar-refractivity contribution >= 4 is 17.6 Å². The summed E-state index contributed by atoms with van der Waals surface area (Å²) in [5, 5.41) is 0.748. The Bertz CT molecular complexity index is 371. The van der Waals surface area contributed by atoms with Gasteiger partial charge < -0.3 is 10.6 Å². The lowest BCUT2D eigenvalue weighted by atomic mass is 10.2. The highest BCUT2D eigenvalue weighted by Gasteiger charge is 2.03. The summed E-state index contributed by atoms with van der Waals surface area (Å²) in [6.45, 7) is 5.74. The average Bonchev–Trinajstić information content (AvgIpc) is 2.28. The molecule has 0 aliphatic heterocycles. The molecule has 0 bridgehead atoms. The van der Waals surface area contributed by atoms with Gasteiger partial charge in [-0.1, -0.05) is 37.6 Å². The van der Waals surface area contributed by atoms with Crippen molar-refractivity contribution in [2.24, 2.45) is 16.6 Å². The van der Waals surface area contributed by atoms with Crippen LogP contribution in [-0.2, 0) is 6.54 Å². The minimum atomic E-state index is 0.525. The first-order valence-electron chi connectivity index (χ1n) is 5.74. The van der Waals surface area contributed by atoms with E-state index >= 15 is 0 Å². The van der Waals surface area contributed by atoms with E-state index in [1.54, 1.807) is 0 Å². The second-order valence-electron chi connectivity index (χ2n) is 4.58. The lowest BCUT2D eigenvalue weighted by Gasteiger charge is -2.18. The first kappa shape index (κ1) is 13.8. The lowest BCUT2D eigenvalue weighted by molar-refractivity contribution is 0.489. The van der Waals surface area contributed by atoms with Crippen LogP contribution in [0.3, 0.4) is 0 Å². The van der Waals surface area contributed by atoms with Gasteiger partial charge in [-0.25, -0.2) is 0 Å². The van der Waals surface area contributed by atoms with Crippen LogP contribution in [0.4, 0.5) is 0 Å². The van der Waals surface area contributed by atoms with Gasteiger partial charge in [-0.2, -0.15) is 0 Å². The van der Waals surface area contributed by atoms with Gasteiger partial charge in [0.05, 0.1) is 0 Å². The number of rotatable bonds is 4. The largest absolute Gasteiger partial charge is 0.370 e. The van der Waals surface area contributed by atoms with Crippen molar-refractivity contribution < 1.29 is 0 Å². The van der Waals surface area contributed by atoms with E-state index < -0.39 is 0 Å². The maximum Gasteiger partial charge on any atom is 0.191 e. The van der Waals surface area contributed by atoms with Crippen LogP contribution in [0.25, 0.3) is 0 Å². The van der Waals surface area contributed by atoms with Crippen LogP contribution in [0.2, 0.25) is 5.02 Å². The third kappa shape index (κ3) is 5.09. The second kappa shape index (κ2) is 6.50. The summed E-state index contributed by atoms with van der Waals surface area (Å²) in [5.74, 6) is 1.10. The predicted octanol–water partition coefficient (Wildman–Crippen LogP) is 2.74. The fraction of sp³-hybridized carbons (Fsp3) is 0.462. The zero-order valence-corrected chi connectivity index (χ0v) is 11.4. The Hall–Kier alpha value is -1.22. The molecular weight excluding hydrogens is 234 g/mol. The summed E-state index contributed by atoms with van der Waals surface area (Å²) in [4.78, 5) is 6.27. The van der Waals surface area contributed by atoms with E-state index in [2.05, 4.69) is 18.8 Å². The molecule has 0 aliphatic rings. The predicted molar refractivity (Wildman–Crippen MR) is 74.2 cm³/mol. The smallest absolute Gasteiger partial charge is 0.191 e. The molecule has 4 heteroatoms. The van der Waals surface area contributed by atoms with Crippen LogP contribution in [-0.4, -0.2) is 24.5 Å². The fourth-order valence-electron chi connectivity index (χ4n) is 1.34. The highest BCUT2D eigenvalue weighted by Crippen LogP contribution is 2.10. The summed E-state index contributed by atoms with van der Waals surface area (Å²) >= 11 is 5.83. The molecule has 0 unspecified atom stereocenters. The normalized spacial score (nSPS) is 11.9. The Morgan fingerprint density at radius 3 is 2.47 bits per heavy atom. The van der Waals surface area contributed by atoms with E-state index in [1.807, 2.05) is 36.2 Å². The summed E-state index contributed by atoms with van der Waals surface area (Å²) in [6.07, 6.45) is 0. The molecule has 0 atom stereocenters. The topological polar surface area (TPSA) is 41.6 Å². The minimum absolute atomic E-state index is 0.525. The lowest BCUT2D eigenvalue weighted by Crippen LogP contribution is -2.33. The van der Waals surface area contributed by atoms with Crippen LogP contribution in [0.15, 0.2) is 29.3 Å². The standard InChI is InChI=1S/C13H20ClN3/c1-10(2)8-16-13(15)17(3)9-11-4-6-12(14)7-5-11/h4-7,10H,8-9H2,1-3H3,(H2,15,16). The molecule has 0 saturated heterocycles. The quantitative estimate of drug-likeness (QED) is 0.662. The number of aliphatic imine (C=N–C) groups is 1. The molecule has 0 radical (unpaired) electrons. The van der Waals surface area contributed by atoms with Crippen LogP contribution in [0.5, 0.6) is 0 Å². The molecule has 17 heavy (non-hydrogen) atoms. The molecule has 0 heterocycles. The van der Waals surface area contributed by atoms with Crippen LogP contribution >= 0.6 is 11.6 Å². The maximum atomic E-state index is 5.89. The Morgan fingerprint density at radius 2 is 1.94 bits per heavy atom. The molecule has 94 valence electrons. The number of hydrogen-bond donors (Lipinski definition) is 1. The first-order chi connectivity index (χ1) is 7.99. The van der Waals surface area contributed by atoms with E-state index in [9.17, 15) is 0 Å². The maximum absolute atomic E-state index is 5.89. The van der Waals surface area contributed by atoms with Crippen molar-refractivity contribution in [3.63, 3.8) is 0 Å². The van der Waals surface area contributed by atoms with Crippen LogP contribution in [0, 0.1) is 5.92 Å². The van der Waals surface area contributed by atoms with Gasteiger partial charge in [0, 0.05) is 25.2 Å². The van der Waals surface area contributed by atoms with Gasteiger partial charge in [0.1, 0.15) is 0 Å². The van der Waals surface area contributed by atoms with E-state index in [0.29, 0.717) is 11.9 Å². The van der Waals surface area contributed by atoms with E-state index in [4.69, 9.17) is 17.3 Å². The molecule has 1 rings (SSSR count). The van der Waals surface area contributed by atoms with Crippen molar-refractivity contribution in [1.29, 1.82) is 0 Å². The summed E-state index contributed by atoms with van der Waals surface area (Å²) in [5.41, 5.74) is 7.06. The minimum Gasteiger partial charge on any atom is -0.370 e. The first-order valence-corrected chi connectivity index (χ1v) is 6.12. The van der Waals surface area contributed by atoms with Crippen LogP contribution in [0.1, 0.15) is 19.4 Å². The molecule has 0 amide bonds. The zero-order valence-electron chi connectivity index (χ0n) is 10.7. The van der Waals surface area contributed by atoms with E-state index in [0.717, 1.165) is 18.1 Å². The van der Waals surface area contributed by atoms with Crippen molar-refractivity contribution in [2.45, 2.75) is 20.4 Å². The Morgan fingerprint density at radius 1 is 1.35 bits per heavy atom. The van der Waals surface area contributed by atoms with E-state index in [-0.39, 0.29) is 0 Å². The summed E-state index contributed by atoms with van der Waals surface area (Å²) < 4.78 is 0. The summed E-state index contributed by atoms with van der Waals surface area (Å²) in [6, 6.07) is 7.75. The molecule has 0 spiro atoms. The van der Waals surface area contributed by atoms with Crippen LogP contribution < -0.4 is 5.73 Å². The van der Waals surface area contributed by atoms with Crippen molar-refractivity contribution in [3.8, 4) is 0 Å². The third-order valence-corrected chi connectivity index (χ3v) is 2.59. The summed E-state index contributed by atoms with van der Waals surface area (Å²) in [7, 11) is 1.94. The molecule has 0 aromatic heterocycles. The average molecular weight is 254 g/mol. The highest BCUT2D eigenvalue weighted by molar-refractivity contribution is 6.30. The highest BCUT2D eigenvalue weighted by atomic mass is 35.5. The van der Waals surface area contributed by atoms with Gasteiger partial charge in [0.15, 0.2) is 5.96 Å². The Balaban J connectivity index is 2.56. The molecule has 0 saturated carbocycles. The fourth-order valence-corrected chi connectivity index (χ4v) is 1.47. The van der Waals surface area contributed by atoms with Gasteiger partial charge in [0.25, 0.3) is 0 Å². The number of nitrogens with two attached hydrogens (primary N) is 1. The Kier molecular flexibility index (Phi) is 5.29. The van der Waals surface area contributed by atoms with Gasteiger partial charge in [-0.05, 0) is 23.6 Å². The van der Waals surface area contributed by atoms with Crippen molar-refractivity contribution in [3.05, 3.63) is 34.9 Å². The van der Waals surface area contributed by atoms with Gasteiger partial charge in [0.2, 0.25) is 0 Å². The van der Waals surface area contributed by atoms with Crippen molar-refractivity contribution in [1.82, 2.24) is 4.90 Å². The molecule has 0 aliphatic carbocycles. The molecule has 1 aromatic rings. The monoisotopic (exact) mass is 253 g/mol. The number of hydrogen-bond acceptors (Lipinski definition) is 1. The van der Waals surface area contributed by atoms with Gasteiger partial charge in [-0.3, -0.25) is 4.99 Å². The molecule has 2 N–H and O–H groups in total. The van der Waals surface area contributed by atoms with Crippen molar-refractivity contribution in [2.75, 3.05) is 13.6 Å². The Labute approximate surface area is 108 Å². The molecular formula is C13H20ClN3. The number of nitrogens with zero attached hydrogens (tertiary/aromatic N) is 2. The number of halogens is 1. The molecule has 1 aromatic carbocycles. The number of benzene rings is 1. The molecule has 3 nitrogen and oxygen atoms in total. The second-order valence-corrected chi connectivity index (χ2v) is 5.01. The third-order valence-electron chi connectivity index (χ3n) is 2.34. The van der Waals surface area contributed by atoms with Gasteiger partial charge in [-0.15, -0.1) is 0 Å². The van der Waals surface area contributed by atoms with E-state index in [1.165, 1.54) is 5.56 Å². The van der Waals surface area contributed by atoms with Gasteiger partial charge >= 0.3 is 0 Å². The SMILES string of the molecule is CC(C)CN=C(N)N(C)Cc1ccc(Cl)cc1.